The van der Waals surface area contributed by atoms with Gasteiger partial charge in [0.05, 0.1) is 33.1 Å². The second-order valence-corrected chi connectivity index (χ2v) is 10.2. The zero-order valence-corrected chi connectivity index (χ0v) is 21.4. The van der Waals surface area contributed by atoms with Crippen molar-refractivity contribution in [1.29, 1.82) is 0 Å². The molecule has 0 atom stereocenters. The molecule has 0 unspecified atom stereocenters. The Morgan fingerprint density at radius 2 is 1.05 bits per heavy atom. The van der Waals surface area contributed by atoms with Crippen LogP contribution in [0.4, 0.5) is 0 Å². The van der Waals surface area contributed by atoms with E-state index in [1.165, 1.54) is 10.8 Å². The quantitative estimate of drug-likeness (QED) is 0.222. The summed E-state index contributed by atoms with van der Waals surface area (Å²) < 4.78 is 4.44. The summed E-state index contributed by atoms with van der Waals surface area (Å²) in [5, 5.41) is 4.68. The first-order chi connectivity index (χ1) is 19.8. The molecule has 40 heavy (non-hydrogen) atoms. The molecule has 186 valence electrons. The van der Waals surface area contributed by atoms with Gasteiger partial charge in [0.15, 0.2) is 0 Å². The zero-order valence-electron chi connectivity index (χ0n) is 21.4. The van der Waals surface area contributed by atoms with Gasteiger partial charge in [0, 0.05) is 16.3 Å². The van der Waals surface area contributed by atoms with Crippen molar-refractivity contribution in [3.63, 3.8) is 0 Å². The molecule has 0 spiro atoms. The Kier molecular flexibility index (Phi) is 4.27. The maximum absolute atomic E-state index is 5.16. The van der Waals surface area contributed by atoms with E-state index >= 15 is 0 Å². The molecule has 0 saturated carbocycles. The van der Waals surface area contributed by atoms with E-state index in [1.807, 2.05) is 42.5 Å². The van der Waals surface area contributed by atoms with Crippen LogP contribution in [-0.2, 0) is 0 Å². The maximum Gasteiger partial charge on any atom is 0.146 e. The van der Waals surface area contributed by atoms with Crippen LogP contribution in [0.1, 0.15) is 0 Å². The molecule has 9 rings (SSSR count). The fourth-order valence-electron chi connectivity index (χ4n) is 6.05. The average Bonchev–Trinajstić information content (AvgIpc) is 3.57. The van der Waals surface area contributed by atoms with Crippen molar-refractivity contribution < 1.29 is 0 Å². The van der Waals surface area contributed by atoms with Gasteiger partial charge in [-0.2, -0.15) is 0 Å². The van der Waals surface area contributed by atoms with Crippen molar-refractivity contribution in [2.45, 2.75) is 0 Å². The van der Waals surface area contributed by atoms with Crippen LogP contribution in [-0.4, -0.2) is 23.8 Å². The van der Waals surface area contributed by atoms with Crippen molar-refractivity contribution in [2.75, 3.05) is 0 Å². The summed E-state index contributed by atoms with van der Waals surface area (Å²) in [6, 6.07) is 44.4. The number of rotatable bonds is 1. The molecule has 5 heterocycles. The first-order valence-corrected chi connectivity index (χ1v) is 13.4. The summed E-state index contributed by atoms with van der Waals surface area (Å²) >= 11 is 0. The van der Waals surface area contributed by atoms with E-state index in [4.69, 9.17) is 15.0 Å². The number of para-hydroxylation sites is 1. The maximum atomic E-state index is 5.16. The summed E-state index contributed by atoms with van der Waals surface area (Å²) in [4.78, 5) is 15.4. The van der Waals surface area contributed by atoms with Crippen LogP contribution < -0.4 is 0 Å². The van der Waals surface area contributed by atoms with E-state index in [-0.39, 0.29) is 0 Å². The number of hydrogen-bond acceptors (Lipinski definition) is 3. The minimum atomic E-state index is 0.808. The monoisotopic (exact) mass is 511 g/mol. The zero-order chi connectivity index (χ0) is 26.2. The average molecular weight is 512 g/mol. The highest BCUT2D eigenvalue weighted by atomic mass is 15.1. The number of hydrogen-bond donors (Lipinski definition) is 0. The van der Waals surface area contributed by atoms with E-state index in [0.29, 0.717) is 0 Å². The molecule has 0 aliphatic carbocycles. The Morgan fingerprint density at radius 3 is 1.85 bits per heavy atom. The van der Waals surface area contributed by atoms with E-state index in [9.17, 15) is 0 Å². The molecule has 0 amide bonds. The third-order valence-electron chi connectivity index (χ3n) is 7.88. The van der Waals surface area contributed by atoms with Crippen LogP contribution in [0.15, 0.2) is 127 Å². The Hall–Kier alpha value is -5.55. The third kappa shape index (κ3) is 3.00. The van der Waals surface area contributed by atoms with Gasteiger partial charge >= 0.3 is 0 Å². The number of fused-ring (bicyclic) bond motifs is 13. The Balaban J connectivity index is 1.58. The summed E-state index contributed by atoms with van der Waals surface area (Å²) in [5.41, 5.74) is 8.56. The minimum Gasteiger partial charge on any atom is -0.294 e. The van der Waals surface area contributed by atoms with Gasteiger partial charge in [-0.1, -0.05) is 78.9 Å². The van der Waals surface area contributed by atoms with Gasteiger partial charge in [0.1, 0.15) is 17.1 Å². The molecule has 5 nitrogen and oxygen atoms in total. The fraction of sp³-hybridized carbons (Fsp3) is 0. The van der Waals surface area contributed by atoms with Crippen LogP contribution in [0.2, 0.25) is 0 Å². The van der Waals surface area contributed by atoms with E-state index < -0.39 is 0 Å². The SMILES string of the molecule is c1ccc(-c2nc3ccc4cc3n2c2cccc(n2)c2cccc(n2)n2c3ccccc3c3ccc4cc32)cc1. The van der Waals surface area contributed by atoms with Gasteiger partial charge in [0.2, 0.25) is 0 Å². The van der Waals surface area contributed by atoms with Gasteiger partial charge < -0.3 is 0 Å². The second-order valence-electron chi connectivity index (χ2n) is 10.2. The summed E-state index contributed by atoms with van der Waals surface area (Å²) in [6.45, 7) is 0. The predicted octanol–water partition coefficient (Wildman–Crippen LogP) is 8.37. The smallest absolute Gasteiger partial charge is 0.146 e. The van der Waals surface area contributed by atoms with Crippen molar-refractivity contribution in [3.8, 4) is 11.4 Å². The Bertz CT molecular complexity index is 2490. The van der Waals surface area contributed by atoms with Gasteiger partial charge in [-0.25, -0.2) is 15.0 Å². The van der Waals surface area contributed by atoms with Crippen LogP contribution in [0, 0.1) is 0 Å². The lowest BCUT2D eigenvalue weighted by Gasteiger charge is -2.05. The lowest BCUT2D eigenvalue weighted by molar-refractivity contribution is 1.18. The highest BCUT2D eigenvalue weighted by molar-refractivity contribution is 6.11. The van der Waals surface area contributed by atoms with Gasteiger partial charge in [-0.15, -0.1) is 0 Å². The highest BCUT2D eigenvalue weighted by Gasteiger charge is 2.14. The first-order valence-electron chi connectivity index (χ1n) is 13.4. The van der Waals surface area contributed by atoms with Crippen LogP contribution in [0.25, 0.3) is 77.3 Å². The van der Waals surface area contributed by atoms with Crippen LogP contribution in [0.5, 0.6) is 0 Å². The minimum absolute atomic E-state index is 0.808. The standard InChI is InChI=1S/C35H21N5/c1-2-8-22(9-3-1)35-38-29-19-17-24-21-32(29)40(35)34-15-7-12-28(37-34)27-11-6-14-33(36-27)39-30-13-5-4-10-25(30)26-18-16-23(24)20-31(26)39/h1-21H. The van der Waals surface area contributed by atoms with E-state index in [2.05, 4.69) is 93.7 Å². The predicted molar refractivity (Wildman–Crippen MR) is 164 cm³/mol. The lowest BCUT2D eigenvalue weighted by atomic mass is 10.1. The number of pyridine rings is 2. The van der Waals surface area contributed by atoms with Crippen molar-refractivity contribution in [2.24, 2.45) is 0 Å². The molecular weight excluding hydrogens is 490 g/mol. The largest absolute Gasteiger partial charge is 0.294 e. The summed E-state index contributed by atoms with van der Waals surface area (Å²) in [7, 11) is 0. The van der Waals surface area contributed by atoms with E-state index in [0.717, 1.165) is 66.6 Å². The first kappa shape index (κ1) is 21.4. The summed E-state index contributed by atoms with van der Waals surface area (Å²) in [6.07, 6.45) is 0. The molecule has 0 saturated heterocycles. The highest BCUT2D eigenvalue weighted by Crippen LogP contribution is 2.32. The fourth-order valence-corrected chi connectivity index (χ4v) is 6.05. The molecule has 0 radical (unpaired) electrons. The summed E-state index contributed by atoms with van der Waals surface area (Å²) in [5.74, 6) is 0.863. The van der Waals surface area contributed by atoms with Gasteiger partial charge in [-0.05, 0) is 59.3 Å². The van der Waals surface area contributed by atoms with Crippen LogP contribution in [0.3, 0.4) is 0 Å². The molecule has 0 fully saturated rings. The van der Waals surface area contributed by atoms with Gasteiger partial charge in [-0.3, -0.25) is 8.80 Å². The number of nitrogens with zero attached hydrogens (tertiary/aromatic N) is 5. The Labute approximate surface area is 228 Å². The second kappa shape index (κ2) is 7.98. The molecule has 5 heteroatoms. The molecule has 0 N–H and O–H groups in total. The van der Waals surface area contributed by atoms with E-state index in [1.54, 1.807) is 0 Å². The van der Waals surface area contributed by atoms with Crippen molar-refractivity contribution >= 4 is 65.9 Å². The molecule has 8 bridgehead atoms. The number of aromatic nitrogens is 5. The Morgan fingerprint density at radius 1 is 0.400 bits per heavy atom. The topological polar surface area (TPSA) is 47.5 Å². The normalized spacial score (nSPS) is 12.0. The molecule has 0 aliphatic heterocycles. The molecule has 9 aromatic rings. The molecule has 5 aromatic heterocycles. The van der Waals surface area contributed by atoms with Crippen molar-refractivity contribution in [1.82, 2.24) is 23.8 Å². The molecule has 4 aromatic carbocycles. The molecule has 0 aliphatic rings. The number of imidazole rings is 1. The van der Waals surface area contributed by atoms with Gasteiger partial charge in [0.25, 0.3) is 0 Å². The third-order valence-corrected chi connectivity index (χ3v) is 7.88. The number of benzene rings is 4. The van der Waals surface area contributed by atoms with Crippen LogP contribution >= 0.6 is 0 Å². The van der Waals surface area contributed by atoms with Crippen molar-refractivity contribution in [3.05, 3.63) is 127 Å². The lowest BCUT2D eigenvalue weighted by Crippen LogP contribution is -1.93. The molecular formula is C35H21N5.